The van der Waals surface area contributed by atoms with Crippen LogP contribution in [0, 0.1) is 11.8 Å². The molecule has 2 saturated carbocycles. The molecule has 0 aliphatic heterocycles. The van der Waals surface area contributed by atoms with Gasteiger partial charge in [0.1, 0.15) is 5.82 Å². The summed E-state index contributed by atoms with van der Waals surface area (Å²) in [7, 11) is 0. The summed E-state index contributed by atoms with van der Waals surface area (Å²) in [4.78, 5) is 40.4. The van der Waals surface area contributed by atoms with Crippen molar-refractivity contribution in [2.75, 3.05) is 0 Å². The maximum Gasteiger partial charge on any atom is 0.358 e. The summed E-state index contributed by atoms with van der Waals surface area (Å²) in [6.45, 7) is 2.77. The number of nitrogens with zero attached hydrogens (tertiary/aromatic N) is 4. The van der Waals surface area contributed by atoms with Crippen molar-refractivity contribution >= 4 is 17.1 Å². The predicted molar refractivity (Wildman–Crippen MR) is 115 cm³/mol. The van der Waals surface area contributed by atoms with Gasteiger partial charge in [0.05, 0.1) is 5.41 Å². The van der Waals surface area contributed by atoms with Gasteiger partial charge in [0, 0.05) is 12.7 Å². The van der Waals surface area contributed by atoms with Crippen molar-refractivity contribution in [2.24, 2.45) is 11.8 Å². The highest BCUT2D eigenvalue weighted by Crippen LogP contribution is 2.62. The normalized spacial score (nSPS) is 25.5. The zero-order chi connectivity index (χ0) is 22.0. The lowest BCUT2D eigenvalue weighted by Gasteiger charge is -2.32. The first kappa shape index (κ1) is 19.2. The van der Waals surface area contributed by atoms with Gasteiger partial charge < -0.3 is 14.4 Å². The first-order chi connectivity index (χ1) is 15.5. The third-order valence-corrected chi connectivity index (χ3v) is 7.09. The van der Waals surface area contributed by atoms with Crippen molar-refractivity contribution in [1.29, 1.82) is 0 Å². The fourth-order valence-corrected chi connectivity index (χ4v) is 6.12. The number of H-pyrrole nitrogens is 1. The topological polar surface area (TPSA) is 123 Å². The number of nitrogens with one attached hydrogen (secondary N) is 1. The van der Waals surface area contributed by atoms with Gasteiger partial charge >= 0.3 is 12.0 Å². The van der Waals surface area contributed by atoms with Gasteiger partial charge in [-0.15, -0.1) is 0 Å². The summed E-state index contributed by atoms with van der Waals surface area (Å²) < 4.78 is 7.68. The van der Waals surface area contributed by atoms with E-state index in [9.17, 15) is 14.7 Å². The van der Waals surface area contributed by atoms with E-state index in [0.717, 1.165) is 31.5 Å². The number of fused-ring (bicyclic) bond motifs is 1. The molecule has 4 bridgehead atoms. The number of hydrogen-bond acceptors (Lipinski definition) is 6. The highest BCUT2D eigenvalue weighted by Gasteiger charge is 2.56. The quantitative estimate of drug-likeness (QED) is 0.571. The lowest BCUT2D eigenvalue weighted by atomic mass is 9.74. The van der Waals surface area contributed by atoms with Crippen molar-refractivity contribution in [3.63, 3.8) is 0 Å². The van der Waals surface area contributed by atoms with E-state index in [1.165, 1.54) is 24.3 Å². The van der Waals surface area contributed by atoms with Crippen LogP contribution in [0.3, 0.4) is 0 Å². The fraction of sp³-hybridized carbons (Fsp3) is 0.435. The molecule has 2 fully saturated rings. The molecule has 9 nitrogen and oxygen atoms in total. The molecule has 3 aromatic rings. The van der Waals surface area contributed by atoms with E-state index in [1.54, 1.807) is 6.07 Å². The van der Waals surface area contributed by atoms with E-state index < -0.39 is 5.97 Å². The molecule has 3 unspecified atom stereocenters. The average Bonchev–Trinajstić information content (AvgIpc) is 3.33. The largest absolute Gasteiger partial charge is 0.476 e. The minimum atomic E-state index is -1.22. The fourth-order valence-electron chi connectivity index (χ4n) is 6.12. The van der Waals surface area contributed by atoms with Crippen LogP contribution >= 0.6 is 0 Å². The lowest BCUT2D eigenvalue weighted by Crippen LogP contribution is -2.31. The minimum absolute atomic E-state index is 0.00574. The molecule has 0 amide bonds. The number of carboxylic acids is 1. The molecular weight excluding hydrogens is 410 g/mol. The molecule has 0 saturated heterocycles. The first-order valence-corrected chi connectivity index (χ1v) is 11.1. The number of carboxylic acid groups (broad SMARTS) is 1. The van der Waals surface area contributed by atoms with E-state index in [4.69, 9.17) is 9.72 Å². The summed E-state index contributed by atoms with van der Waals surface area (Å²) in [5.74, 6) is 1.03. The number of imidazole rings is 1. The van der Waals surface area contributed by atoms with Gasteiger partial charge in [-0.05, 0) is 56.1 Å². The Morgan fingerprint density at radius 2 is 2.25 bits per heavy atom. The van der Waals surface area contributed by atoms with E-state index in [-0.39, 0.29) is 28.4 Å². The van der Waals surface area contributed by atoms with Gasteiger partial charge in [0.15, 0.2) is 22.6 Å². The molecule has 3 heterocycles. The number of pyridine rings is 1. The van der Waals surface area contributed by atoms with Crippen LogP contribution in [-0.4, -0.2) is 35.6 Å². The second-order valence-corrected chi connectivity index (χ2v) is 9.14. The van der Waals surface area contributed by atoms with Crippen molar-refractivity contribution in [3.05, 3.63) is 51.9 Å². The monoisotopic (exact) mass is 433 g/mol. The predicted octanol–water partition coefficient (Wildman–Crippen LogP) is 3.41. The second kappa shape index (κ2) is 6.75. The maximum absolute atomic E-state index is 13.1. The Kier molecular flexibility index (Phi) is 4.05. The minimum Gasteiger partial charge on any atom is -0.476 e. The van der Waals surface area contributed by atoms with E-state index in [2.05, 4.69) is 28.0 Å². The molecule has 7 rings (SSSR count). The summed E-state index contributed by atoms with van der Waals surface area (Å²) >= 11 is 0. The Bertz CT molecular complexity index is 1360. The highest BCUT2D eigenvalue weighted by atomic mass is 16.5. The van der Waals surface area contributed by atoms with Crippen LogP contribution in [0.25, 0.3) is 11.2 Å². The van der Waals surface area contributed by atoms with E-state index in [1.807, 2.05) is 4.57 Å². The Balaban J connectivity index is 1.48. The summed E-state index contributed by atoms with van der Waals surface area (Å²) in [6, 6.07) is 2.94. The Hall–Kier alpha value is -3.49. The zero-order valence-electron chi connectivity index (χ0n) is 17.7. The number of rotatable bonds is 6. The number of allylic oxidation sites excluding steroid dienone is 2. The molecule has 4 aliphatic rings. The first-order valence-electron chi connectivity index (χ1n) is 11.1. The van der Waals surface area contributed by atoms with Crippen LogP contribution in [-0.2, 0) is 12.0 Å². The number of carbonyl (C=O) groups is 1. The van der Waals surface area contributed by atoms with Gasteiger partial charge in [-0.2, -0.15) is 4.98 Å². The van der Waals surface area contributed by atoms with E-state index >= 15 is 0 Å². The van der Waals surface area contributed by atoms with Crippen LogP contribution in [0.5, 0.6) is 11.8 Å². The summed E-state index contributed by atoms with van der Waals surface area (Å²) in [6.07, 6.45) is 9.20. The number of aromatic amines is 1. The Morgan fingerprint density at radius 3 is 3.03 bits per heavy atom. The van der Waals surface area contributed by atoms with Crippen molar-refractivity contribution in [3.8, 4) is 11.8 Å². The summed E-state index contributed by atoms with van der Waals surface area (Å²) in [5, 5.41) is 9.35. The van der Waals surface area contributed by atoms with Crippen molar-refractivity contribution in [2.45, 2.75) is 51.0 Å². The molecule has 32 heavy (non-hydrogen) atoms. The number of aryl methyl sites for hydroxylation is 1. The van der Waals surface area contributed by atoms with Gasteiger partial charge in [-0.25, -0.2) is 14.8 Å². The average molecular weight is 433 g/mol. The van der Waals surface area contributed by atoms with Crippen LogP contribution in [0.1, 0.15) is 55.3 Å². The van der Waals surface area contributed by atoms with Crippen LogP contribution in [0.2, 0.25) is 0 Å². The van der Waals surface area contributed by atoms with Gasteiger partial charge in [0.2, 0.25) is 0 Å². The maximum atomic E-state index is 13.1. The van der Waals surface area contributed by atoms with Crippen molar-refractivity contribution in [1.82, 2.24) is 24.5 Å². The molecule has 164 valence electrons. The van der Waals surface area contributed by atoms with Crippen LogP contribution in [0.15, 0.2) is 34.8 Å². The Morgan fingerprint density at radius 1 is 1.38 bits per heavy atom. The van der Waals surface area contributed by atoms with Gasteiger partial charge in [0.25, 0.3) is 5.56 Å². The number of aromatic carboxylic acids is 1. The number of ether oxygens (including phenoxy) is 1. The highest BCUT2D eigenvalue weighted by molar-refractivity contribution is 5.88. The van der Waals surface area contributed by atoms with Crippen LogP contribution < -0.4 is 10.3 Å². The third kappa shape index (κ3) is 2.66. The van der Waals surface area contributed by atoms with E-state index in [0.29, 0.717) is 29.5 Å². The molecule has 0 aromatic carbocycles. The standard InChI is InChI=1S/C23H23N5O4/c1-2-6-28-17-18(25-21(28)23-10-12-7-13(11-23)9-14(23)8-12)26-22(27-19(17)29)32-15-4-3-5-24-16(15)20(30)31/h3-5,8,12-13H,2,6-7,9-11H2,1H3,(H,30,31)(H,26,27,29). The lowest BCUT2D eigenvalue weighted by molar-refractivity contribution is 0.0687. The van der Waals surface area contributed by atoms with Crippen LogP contribution in [0.4, 0.5) is 0 Å². The molecule has 3 aromatic heterocycles. The van der Waals surface area contributed by atoms with Crippen molar-refractivity contribution < 1.29 is 14.6 Å². The number of hydrogen-bond donors (Lipinski definition) is 2. The zero-order valence-corrected chi connectivity index (χ0v) is 17.7. The number of aromatic nitrogens is 5. The Labute approximate surface area is 183 Å². The smallest absolute Gasteiger partial charge is 0.358 e. The molecule has 2 N–H and O–H groups in total. The molecule has 3 atom stereocenters. The molecule has 0 radical (unpaired) electrons. The third-order valence-electron chi connectivity index (χ3n) is 7.09. The molecular formula is C23H23N5O4. The molecule has 0 spiro atoms. The SMILES string of the molecule is CCCn1c(C23CC4C=C2CC(C4)C3)nc2nc(Oc3cccnc3C(=O)O)[nH]c(=O)c21. The van der Waals surface area contributed by atoms with Gasteiger partial charge in [-0.1, -0.05) is 18.6 Å². The molecule has 9 heteroatoms. The van der Waals surface area contributed by atoms with Gasteiger partial charge in [-0.3, -0.25) is 9.78 Å². The molecule has 4 aliphatic carbocycles. The second-order valence-electron chi connectivity index (χ2n) is 9.14. The summed E-state index contributed by atoms with van der Waals surface area (Å²) in [5.41, 5.74) is 1.56.